The highest BCUT2D eigenvalue weighted by molar-refractivity contribution is 5.68. The lowest BCUT2D eigenvalue weighted by Gasteiger charge is -2.16. The number of hydrogen-bond acceptors (Lipinski definition) is 5. The Morgan fingerprint density at radius 3 is 3.00 bits per heavy atom. The van der Waals surface area contributed by atoms with Crippen molar-refractivity contribution >= 4 is 11.8 Å². The van der Waals surface area contributed by atoms with Crippen molar-refractivity contribution in [2.75, 3.05) is 0 Å². The van der Waals surface area contributed by atoms with Gasteiger partial charge in [0.1, 0.15) is 6.20 Å². The molecule has 2 rings (SSSR count). The van der Waals surface area contributed by atoms with Gasteiger partial charge in [-0.15, -0.1) is 6.58 Å². The van der Waals surface area contributed by atoms with Crippen molar-refractivity contribution in [3.63, 3.8) is 0 Å². The highest BCUT2D eigenvalue weighted by Gasteiger charge is 2.23. The number of aromatic nitrogens is 3. The van der Waals surface area contributed by atoms with Gasteiger partial charge in [-0.3, -0.25) is 19.8 Å². The van der Waals surface area contributed by atoms with Crippen LogP contribution in [0, 0.1) is 10.1 Å². The largest absolute Gasteiger partial charge is 0.465 e. The van der Waals surface area contributed by atoms with E-state index in [0.717, 1.165) is 6.20 Å². The van der Waals surface area contributed by atoms with E-state index in [1.807, 2.05) is 0 Å². The number of rotatable bonds is 6. The minimum atomic E-state index is -1.17. The SMILES string of the molecule is C=CC[C@H](NC(=O)O)c1ccnc(-c2c([N+](=O)[O-])cnn2C)c1. The van der Waals surface area contributed by atoms with Crippen LogP contribution in [-0.4, -0.2) is 30.9 Å². The highest BCUT2D eigenvalue weighted by atomic mass is 16.6. The summed E-state index contributed by atoms with van der Waals surface area (Å²) < 4.78 is 1.36. The first kappa shape index (κ1) is 16.1. The minimum Gasteiger partial charge on any atom is -0.465 e. The Labute approximate surface area is 131 Å². The fourth-order valence-electron chi connectivity index (χ4n) is 2.24. The fraction of sp³-hybridized carbons (Fsp3) is 0.214. The Hall–Kier alpha value is -3.23. The van der Waals surface area contributed by atoms with Gasteiger partial charge in [-0.05, 0) is 24.1 Å². The Balaban J connectivity index is 2.47. The Kier molecular flexibility index (Phi) is 4.69. The Bertz CT molecular complexity index is 755. The molecule has 9 nitrogen and oxygen atoms in total. The molecule has 0 spiro atoms. The molecule has 1 amide bonds. The van der Waals surface area contributed by atoms with Gasteiger partial charge in [-0.1, -0.05) is 6.08 Å². The van der Waals surface area contributed by atoms with Gasteiger partial charge >= 0.3 is 11.8 Å². The zero-order chi connectivity index (χ0) is 17.0. The van der Waals surface area contributed by atoms with E-state index in [2.05, 4.69) is 22.0 Å². The quantitative estimate of drug-likeness (QED) is 0.478. The molecule has 120 valence electrons. The summed E-state index contributed by atoms with van der Waals surface area (Å²) in [6.07, 6.45) is 3.43. The van der Waals surface area contributed by atoms with E-state index in [0.29, 0.717) is 17.7 Å². The lowest BCUT2D eigenvalue weighted by Crippen LogP contribution is -2.26. The average Bonchev–Trinajstić information content (AvgIpc) is 2.88. The Morgan fingerprint density at radius 1 is 1.65 bits per heavy atom. The van der Waals surface area contributed by atoms with Crippen LogP contribution in [-0.2, 0) is 7.05 Å². The summed E-state index contributed by atoms with van der Waals surface area (Å²) in [5.74, 6) is 0. The number of nitrogens with one attached hydrogen (secondary N) is 1. The molecule has 2 aromatic heterocycles. The summed E-state index contributed by atoms with van der Waals surface area (Å²) >= 11 is 0. The van der Waals surface area contributed by atoms with E-state index >= 15 is 0 Å². The second kappa shape index (κ2) is 6.69. The predicted molar refractivity (Wildman–Crippen MR) is 81.8 cm³/mol. The number of pyridine rings is 1. The molecule has 0 saturated carbocycles. The molecule has 0 aliphatic rings. The summed E-state index contributed by atoms with van der Waals surface area (Å²) in [5.41, 5.74) is 1.07. The highest BCUT2D eigenvalue weighted by Crippen LogP contribution is 2.29. The van der Waals surface area contributed by atoms with Gasteiger partial charge in [0.15, 0.2) is 5.69 Å². The normalized spacial score (nSPS) is 11.7. The van der Waals surface area contributed by atoms with Gasteiger partial charge in [-0.25, -0.2) is 4.79 Å². The molecular weight excluding hydrogens is 302 g/mol. The third-order valence-electron chi connectivity index (χ3n) is 3.25. The van der Waals surface area contributed by atoms with E-state index in [1.165, 1.54) is 10.9 Å². The molecule has 0 radical (unpaired) electrons. The molecule has 0 aliphatic heterocycles. The van der Waals surface area contributed by atoms with Crippen molar-refractivity contribution in [2.24, 2.45) is 7.05 Å². The third kappa shape index (κ3) is 3.51. The van der Waals surface area contributed by atoms with Gasteiger partial charge in [0, 0.05) is 13.2 Å². The number of carbonyl (C=O) groups is 1. The van der Waals surface area contributed by atoms with Crippen LogP contribution < -0.4 is 5.32 Å². The maximum absolute atomic E-state index is 11.1. The van der Waals surface area contributed by atoms with Crippen molar-refractivity contribution in [3.05, 3.63) is 52.9 Å². The summed E-state index contributed by atoms with van der Waals surface area (Å²) in [5, 5.41) is 26.3. The maximum Gasteiger partial charge on any atom is 0.405 e. The fourth-order valence-corrected chi connectivity index (χ4v) is 2.24. The Morgan fingerprint density at radius 2 is 2.39 bits per heavy atom. The molecule has 0 aliphatic carbocycles. The number of amides is 1. The minimum absolute atomic E-state index is 0.163. The van der Waals surface area contributed by atoms with E-state index in [4.69, 9.17) is 5.11 Å². The predicted octanol–water partition coefficient (Wildman–Crippen LogP) is 2.28. The summed E-state index contributed by atoms with van der Waals surface area (Å²) in [6.45, 7) is 3.61. The molecule has 2 aromatic rings. The van der Waals surface area contributed by atoms with Crippen LogP contribution in [0.1, 0.15) is 18.0 Å². The molecule has 1 atom stereocenters. The lowest BCUT2D eigenvalue weighted by molar-refractivity contribution is -0.384. The molecule has 2 heterocycles. The zero-order valence-electron chi connectivity index (χ0n) is 12.3. The molecule has 0 saturated heterocycles. The van der Waals surface area contributed by atoms with Crippen molar-refractivity contribution in [1.29, 1.82) is 0 Å². The molecule has 0 fully saturated rings. The molecule has 23 heavy (non-hydrogen) atoms. The van der Waals surface area contributed by atoms with E-state index in [9.17, 15) is 14.9 Å². The van der Waals surface area contributed by atoms with Gasteiger partial charge in [0.2, 0.25) is 0 Å². The molecular formula is C14H15N5O4. The summed E-state index contributed by atoms with van der Waals surface area (Å²) in [7, 11) is 1.58. The number of aryl methyl sites for hydroxylation is 1. The first-order valence-corrected chi connectivity index (χ1v) is 6.67. The molecule has 0 unspecified atom stereocenters. The average molecular weight is 317 g/mol. The van der Waals surface area contributed by atoms with Gasteiger partial charge < -0.3 is 10.4 Å². The summed E-state index contributed by atoms with van der Waals surface area (Å²) in [4.78, 5) is 25.6. The van der Waals surface area contributed by atoms with Crippen LogP contribution in [0.2, 0.25) is 0 Å². The first-order chi connectivity index (χ1) is 10.9. The number of nitrogens with zero attached hydrogens (tertiary/aromatic N) is 4. The number of hydrogen-bond donors (Lipinski definition) is 2. The molecule has 0 aromatic carbocycles. The van der Waals surface area contributed by atoms with Gasteiger partial charge in [0.05, 0.1) is 16.7 Å². The monoisotopic (exact) mass is 317 g/mol. The van der Waals surface area contributed by atoms with Crippen LogP contribution in [0.3, 0.4) is 0 Å². The molecule has 0 bridgehead atoms. The van der Waals surface area contributed by atoms with Crippen LogP contribution in [0.15, 0.2) is 37.2 Å². The summed E-state index contributed by atoms with van der Waals surface area (Å²) in [6, 6.07) is 2.74. The van der Waals surface area contributed by atoms with Crippen LogP contribution >= 0.6 is 0 Å². The standard InChI is InChI=1S/C14H15N5O4/c1-3-4-10(17-14(20)21)9-5-6-15-11(7-9)13-12(19(22)23)8-16-18(13)2/h3,5-8,10,17H,1,4H2,2H3,(H,20,21)/t10-/m0/s1. The topological polar surface area (TPSA) is 123 Å². The number of carboxylic acid groups (broad SMARTS) is 1. The molecule has 2 N–H and O–H groups in total. The maximum atomic E-state index is 11.1. The number of nitro groups is 1. The van der Waals surface area contributed by atoms with Crippen LogP contribution in [0.4, 0.5) is 10.5 Å². The van der Waals surface area contributed by atoms with E-state index in [-0.39, 0.29) is 11.4 Å². The third-order valence-corrected chi connectivity index (χ3v) is 3.25. The van der Waals surface area contributed by atoms with Gasteiger partial charge in [0.25, 0.3) is 0 Å². The van der Waals surface area contributed by atoms with Gasteiger partial charge in [-0.2, -0.15) is 5.10 Å². The van der Waals surface area contributed by atoms with Crippen molar-refractivity contribution in [2.45, 2.75) is 12.5 Å². The second-order valence-corrected chi connectivity index (χ2v) is 4.76. The van der Waals surface area contributed by atoms with Crippen molar-refractivity contribution < 1.29 is 14.8 Å². The lowest BCUT2D eigenvalue weighted by atomic mass is 10.0. The van der Waals surface area contributed by atoms with E-state index < -0.39 is 17.1 Å². The van der Waals surface area contributed by atoms with Crippen LogP contribution in [0.25, 0.3) is 11.4 Å². The zero-order valence-corrected chi connectivity index (χ0v) is 12.3. The van der Waals surface area contributed by atoms with Crippen molar-refractivity contribution in [1.82, 2.24) is 20.1 Å². The smallest absolute Gasteiger partial charge is 0.405 e. The van der Waals surface area contributed by atoms with Crippen molar-refractivity contribution in [3.8, 4) is 11.4 Å². The van der Waals surface area contributed by atoms with Crippen LogP contribution in [0.5, 0.6) is 0 Å². The first-order valence-electron chi connectivity index (χ1n) is 6.67. The molecule has 9 heteroatoms. The van der Waals surface area contributed by atoms with E-state index in [1.54, 1.807) is 25.3 Å². The second-order valence-electron chi connectivity index (χ2n) is 4.76.